The molecule has 0 aliphatic rings. The molecule has 2 aromatic rings. The van der Waals surface area contributed by atoms with Gasteiger partial charge in [0.05, 0.1) is 5.56 Å². The van der Waals surface area contributed by atoms with Gasteiger partial charge in [-0.1, -0.05) is 24.3 Å². The van der Waals surface area contributed by atoms with E-state index in [9.17, 15) is 14.4 Å². The van der Waals surface area contributed by atoms with Crippen molar-refractivity contribution in [3.8, 4) is 0 Å². The van der Waals surface area contributed by atoms with Crippen LogP contribution in [0.25, 0.3) is 0 Å². The highest BCUT2D eigenvalue weighted by Gasteiger charge is 2.15. The van der Waals surface area contributed by atoms with E-state index < -0.39 is 11.2 Å². The smallest absolute Gasteiger partial charge is 0.303 e. The highest BCUT2D eigenvalue weighted by atomic mass is 16.2. The number of rotatable bonds is 3. The van der Waals surface area contributed by atoms with Crippen molar-refractivity contribution in [1.29, 1.82) is 0 Å². The number of ketones is 1. The number of nitrogens with zero attached hydrogens (tertiary/aromatic N) is 2. The summed E-state index contributed by atoms with van der Waals surface area (Å²) in [5.74, 6) is -0.282. The average Bonchev–Trinajstić information content (AvgIpc) is 2.43. The van der Waals surface area contributed by atoms with Gasteiger partial charge in [-0.05, 0) is 18.1 Å². The van der Waals surface area contributed by atoms with Crippen LogP contribution in [0.1, 0.15) is 21.5 Å². The highest BCUT2D eigenvalue weighted by molar-refractivity contribution is 5.97. The molecule has 1 heterocycles. The topological polar surface area (TPSA) is 61.1 Å². The van der Waals surface area contributed by atoms with Crippen LogP contribution < -0.4 is 11.2 Å². The second kappa shape index (κ2) is 5.28. The third-order valence-electron chi connectivity index (χ3n) is 3.36. The summed E-state index contributed by atoms with van der Waals surface area (Å²) in [6, 6.07) is 7.53. The van der Waals surface area contributed by atoms with Crippen molar-refractivity contribution < 1.29 is 4.79 Å². The number of hydrogen-bond donors (Lipinski definition) is 0. The number of carbonyl (C=O) groups is 1. The Morgan fingerprint density at radius 1 is 1.15 bits per heavy atom. The molecule has 0 radical (unpaired) electrons. The zero-order valence-corrected chi connectivity index (χ0v) is 11.7. The van der Waals surface area contributed by atoms with Gasteiger partial charge in [-0.2, -0.15) is 0 Å². The van der Waals surface area contributed by atoms with Crippen LogP contribution in [-0.2, 0) is 20.5 Å². The van der Waals surface area contributed by atoms with Gasteiger partial charge >= 0.3 is 5.69 Å². The second-order valence-corrected chi connectivity index (χ2v) is 4.83. The first-order valence-electron chi connectivity index (χ1n) is 6.26. The number of Topliss-reactive ketones (excluding diaryl/α,β-unsaturated/α-hetero) is 1. The first-order valence-corrected chi connectivity index (χ1v) is 6.26. The predicted octanol–water partition coefficient (Wildman–Crippen LogP) is 0.818. The van der Waals surface area contributed by atoms with Crippen LogP contribution in [0.5, 0.6) is 0 Å². The average molecular weight is 272 g/mol. The number of aromatic nitrogens is 2. The minimum absolute atomic E-state index is 0.0397. The van der Waals surface area contributed by atoms with Crippen LogP contribution in [0.4, 0.5) is 0 Å². The van der Waals surface area contributed by atoms with Crippen molar-refractivity contribution in [3.05, 3.63) is 68.0 Å². The second-order valence-electron chi connectivity index (χ2n) is 4.83. The molecule has 0 unspecified atom stereocenters. The minimum atomic E-state index is -0.549. The zero-order chi connectivity index (χ0) is 14.9. The van der Waals surface area contributed by atoms with Gasteiger partial charge in [0.25, 0.3) is 5.56 Å². The van der Waals surface area contributed by atoms with Gasteiger partial charge in [0, 0.05) is 26.7 Å². The molecule has 0 saturated heterocycles. The predicted molar refractivity (Wildman–Crippen MR) is 76.1 cm³/mol. The molecule has 0 aliphatic heterocycles. The summed E-state index contributed by atoms with van der Waals surface area (Å²) in [7, 11) is 2.89. The Bertz CT molecular complexity index is 784. The third-order valence-corrected chi connectivity index (χ3v) is 3.36. The van der Waals surface area contributed by atoms with E-state index in [1.165, 1.54) is 24.9 Å². The maximum absolute atomic E-state index is 12.3. The molecule has 0 aliphatic carbocycles. The van der Waals surface area contributed by atoms with Crippen molar-refractivity contribution in [2.24, 2.45) is 14.1 Å². The Morgan fingerprint density at radius 3 is 2.45 bits per heavy atom. The Labute approximate surface area is 116 Å². The van der Waals surface area contributed by atoms with Crippen molar-refractivity contribution in [2.45, 2.75) is 13.3 Å². The quantitative estimate of drug-likeness (QED) is 0.777. The largest absolute Gasteiger partial charge is 0.330 e. The maximum atomic E-state index is 12.3. The molecule has 1 aromatic heterocycles. The number of hydrogen-bond acceptors (Lipinski definition) is 3. The van der Waals surface area contributed by atoms with Gasteiger partial charge in [0.15, 0.2) is 5.78 Å². The minimum Gasteiger partial charge on any atom is -0.303 e. The molecule has 5 heteroatoms. The molecular formula is C15H16N2O3. The summed E-state index contributed by atoms with van der Waals surface area (Å²) in [6.07, 6.45) is 1.46. The lowest BCUT2D eigenvalue weighted by Gasteiger charge is -2.07. The molecular weight excluding hydrogens is 256 g/mol. The summed E-state index contributed by atoms with van der Waals surface area (Å²) >= 11 is 0. The lowest BCUT2D eigenvalue weighted by Crippen LogP contribution is -2.39. The molecule has 0 spiro atoms. The summed E-state index contributed by atoms with van der Waals surface area (Å²) < 4.78 is 2.19. The van der Waals surface area contributed by atoms with Crippen molar-refractivity contribution in [1.82, 2.24) is 9.13 Å². The zero-order valence-electron chi connectivity index (χ0n) is 11.7. The van der Waals surface area contributed by atoms with E-state index in [1.807, 2.05) is 31.2 Å². The van der Waals surface area contributed by atoms with Crippen LogP contribution in [0, 0.1) is 6.92 Å². The van der Waals surface area contributed by atoms with Crippen molar-refractivity contribution >= 4 is 5.78 Å². The van der Waals surface area contributed by atoms with Crippen LogP contribution in [-0.4, -0.2) is 14.9 Å². The monoisotopic (exact) mass is 272 g/mol. The van der Waals surface area contributed by atoms with E-state index in [-0.39, 0.29) is 17.8 Å². The van der Waals surface area contributed by atoms with E-state index in [2.05, 4.69) is 0 Å². The van der Waals surface area contributed by atoms with E-state index in [1.54, 1.807) is 0 Å². The summed E-state index contributed by atoms with van der Waals surface area (Å²) in [4.78, 5) is 35.9. The molecule has 104 valence electrons. The lowest BCUT2D eigenvalue weighted by atomic mass is 10.0. The number of carbonyl (C=O) groups excluding carboxylic acids is 1. The molecule has 0 bridgehead atoms. The molecule has 2 rings (SSSR count). The van der Waals surface area contributed by atoms with E-state index >= 15 is 0 Å². The van der Waals surface area contributed by atoms with Gasteiger partial charge in [-0.25, -0.2) is 4.79 Å². The van der Waals surface area contributed by atoms with Gasteiger partial charge < -0.3 is 4.57 Å². The normalized spacial score (nSPS) is 10.6. The van der Waals surface area contributed by atoms with Crippen LogP contribution in [0.3, 0.4) is 0 Å². The summed E-state index contributed by atoms with van der Waals surface area (Å²) in [5, 5.41) is 0. The van der Waals surface area contributed by atoms with E-state index in [0.717, 1.165) is 15.7 Å². The molecule has 0 saturated carbocycles. The lowest BCUT2D eigenvalue weighted by molar-refractivity contribution is 0.0989. The molecule has 5 nitrogen and oxygen atoms in total. The molecule has 0 amide bonds. The fourth-order valence-electron chi connectivity index (χ4n) is 2.08. The standard InChI is InChI=1S/C15H16N2O3/c1-10-6-4-5-7-11(10)8-13(18)12-9-16(2)15(20)17(3)14(12)19/h4-7,9H,8H2,1-3H3. The van der Waals surface area contributed by atoms with Crippen molar-refractivity contribution in [2.75, 3.05) is 0 Å². The molecule has 1 aromatic carbocycles. The molecule has 0 N–H and O–H groups in total. The summed E-state index contributed by atoms with van der Waals surface area (Å²) in [6.45, 7) is 1.92. The first kappa shape index (κ1) is 14.0. The fourth-order valence-corrected chi connectivity index (χ4v) is 2.08. The van der Waals surface area contributed by atoms with Crippen LogP contribution in [0.2, 0.25) is 0 Å². The number of aryl methyl sites for hydroxylation is 2. The Morgan fingerprint density at radius 2 is 1.80 bits per heavy atom. The van der Waals surface area contributed by atoms with Gasteiger partial charge in [0.2, 0.25) is 0 Å². The first-order chi connectivity index (χ1) is 9.41. The molecule has 20 heavy (non-hydrogen) atoms. The van der Waals surface area contributed by atoms with Crippen molar-refractivity contribution in [3.63, 3.8) is 0 Å². The van der Waals surface area contributed by atoms with Crippen LogP contribution >= 0.6 is 0 Å². The third kappa shape index (κ3) is 2.47. The van der Waals surface area contributed by atoms with Gasteiger partial charge in [0.1, 0.15) is 0 Å². The Balaban J connectivity index is 2.43. The fraction of sp³-hybridized carbons (Fsp3) is 0.267. The van der Waals surface area contributed by atoms with E-state index in [4.69, 9.17) is 0 Å². The van der Waals surface area contributed by atoms with E-state index in [0.29, 0.717) is 0 Å². The van der Waals surface area contributed by atoms with Gasteiger partial charge in [-0.15, -0.1) is 0 Å². The number of benzene rings is 1. The maximum Gasteiger partial charge on any atom is 0.330 e. The Hall–Kier alpha value is -2.43. The van der Waals surface area contributed by atoms with Gasteiger partial charge in [-0.3, -0.25) is 14.2 Å². The Kier molecular flexibility index (Phi) is 3.70. The molecule has 0 fully saturated rings. The summed E-state index contributed by atoms with van der Waals surface area (Å²) in [5.41, 5.74) is 0.933. The SMILES string of the molecule is Cc1ccccc1CC(=O)c1cn(C)c(=O)n(C)c1=O. The molecule has 0 atom stereocenters. The highest BCUT2D eigenvalue weighted by Crippen LogP contribution is 2.09. The van der Waals surface area contributed by atoms with Crippen LogP contribution in [0.15, 0.2) is 40.1 Å².